The van der Waals surface area contributed by atoms with Gasteiger partial charge < -0.3 is 18.9 Å². The van der Waals surface area contributed by atoms with Crippen LogP contribution in [0.15, 0.2) is 22.7 Å². The molecule has 4 atom stereocenters. The van der Waals surface area contributed by atoms with Crippen LogP contribution in [0.2, 0.25) is 0 Å². The van der Waals surface area contributed by atoms with Crippen LogP contribution < -0.4 is 9.47 Å². The molecule has 0 bridgehead atoms. The van der Waals surface area contributed by atoms with E-state index in [9.17, 15) is 0 Å². The third-order valence-corrected chi connectivity index (χ3v) is 4.07. The zero-order valence-electron chi connectivity index (χ0n) is 9.72. The average molecular weight is 370 g/mol. The Labute approximate surface area is 129 Å². The molecule has 0 amide bonds. The Morgan fingerprint density at radius 3 is 2.26 bits per heavy atom. The van der Waals surface area contributed by atoms with Crippen molar-refractivity contribution in [2.75, 3.05) is 13.2 Å². The van der Waals surface area contributed by atoms with Gasteiger partial charge in [-0.2, -0.15) is 0 Å². The number of ether oxygens (including phenoxy) is 4. The zero-order valence-corrected chi connectivity index (χ0v) is 12.8. The van der Waals surface area contributed by atoms with E-state index in [-0.39, 0.29) is 12.2 Å². The molecule has 0 aliphatic carbocycles. The van der Waals surface area contributed by atoms with Gasteiger partial charge in [-0.15, -0.1) is 0 Å². The monoisotopic (exact) mass is 368 g/mol. The van der Waals surface area contributed by atoms with E-state index in [1.165, 1.54) is 0 Å². The first-order valence-corrected chi connectivity index (χ1v) is 7.45. The molecule has 4 nitrogen and oxygen atoms in total. The molecule has 7 heteroatoms. The van der Waals surface area contributed by atoms with E-state index in [1.54, 1.807) is 6.07 Å². The molecule has 2 saturated heterocycles. The number of benzene rings is 1. The fourth-order valence-electron chi connectivity index (χ4n) is 1.50. The second kappa shape index (κ2) is 5.66. The molecule has 104 valence electrons. The van der Waals surface area contributed by atoms with Gasteiger partial charge in [0.25, 0.3) is 0 Å². The topological polar surface area (TPSA) is 43.5 Å². The number of halogens is 3. The van der Waals surface area contributed by atoms with Crippen LogP contribution in [-0.2, 0) is 9.47 Å². The first kappa shape index (κ1) is 13.8. The van der Waals surface area contributed by atoms with Crippen molar-refractivity contribution < 1.29 is 18.9 Å². The predicted molar refractivity (Wildman–Crippen MR) is 74.2 cm³/mol. The molecule has 0 saturated carbocycles. The molecule has 2 aliphatic heterocycles. The molecule has 0 N–H and O–H groups in total. The number of rotatable bonds is 6. The van der Waals surface area contributed by atoms with Crippen molar-refractivity contribution in [1.82, 2.24) is 0 Å². The molecule has 0 radical (unpaired) electrons. The van der Waals surface area contributed by atoms with Crippen molar-refractivity contribution in [1.29, 1.82) is 0 Å². The van der Waals surface area contributed by atoms with E-state index in [0.29, 0.717) is 24.7 Å². The molecular weight excluding hydrogens is 359 g/mol. The van der Waals surface area contributed by atoms with Crippen molar-refractivity contribution >= 4 is 39.1 Å². The number of para-hydroxylation sites is 1. The Kier molecular flexibility index (Phi) is 4.10. The minimum atomic E-state index is -0.549. The largest absolute Gasteiger partial charge is 0.468 e. The number of alkyl halides is 2. The van der Waals surface area contributed by atoms with Gasteiger partial charge >= 0.3 is 0 Å². The standard InChI is InChI=1S/C12H11BrCl2O4/c13-6-2-1-3-7(18-11(14)8-4-16-8)10(6)19-12(15)9-5-17-9/h1-3,8-9,11-12H,4-5H2. The Balaban J connectivity index is 1.75. The fraction of sp³-hybridized carbons (Fsp3) is 0.500. The van der Waals surface area contributed by atoms with Crippen molar-refractivity contribution in [2.24, 2.45) is 0 Å². The second-order valence-electron chi connectivity index (χ2n) is 4.25. The van der Waals surface area contributed by atoms with Gasteiger partial charge in [0.05, 0.1) is 17.7 Å². The van der Waals surface area contributed by atoms with E-state index in [0.717, 1.165) is 4.47 Å². The maximum Gasteiger partial charge on any atom is 0.200 e. The molecule has 3 rings (SSSR count). The maximum atomic E-state index is 6.09. The first-order chi connectivity index (χ1) is 9.15. The minimum Gasteiger partial charge on any atom is -0.468 e. The number of epoxide rings is 2. The summed E-state index contributed by atoms with van der Waals surface area (Å²) in [6.07, 6.45) is -0.132. The van der Waals surface area contributed by atoms with E-state index in [4.69, 9.17) is 42.1 Å². The van der Waals surface area contributed by atoms with Gasteiger partial charge in [-0.1, -0.05) is 29.3 Å². The first-order valence-electron chi connectivity index (χ1n) is 5.78. The fourth-order valence-corrected chi connectivity index (χ4v) is 2.41. The van der Waals surface area contributed by atoms with Gasteiger partial charge in [-0.3, -0.25) is 0 Å². The molecule has 19 heavy (non-hydrogen) atoms. The molecule has 1 aromatic rings. The summed E-state index contributed by atoms with van der Waals surface area (Å²) in [4.78, 5) is 0. The Bertz CT molecular complexity index is 465. The van der Waals surface area contributed by atoms with E-state index in [1.807, 2.05) is 12.1 Å². The lowest BCUT2D eigenvalue weighted by atomic mass is 10.3. The predicted octanol–water partition coefficient (Wildman–Crippen LogP) is 3.13. The Hall–Kier alpha value is -0.200. The maximum absolute atomic E-state index is 6.09. The Morgan fingerprint density at radius 1 is 1.11 bits per heavy atom. The lowest BCUT2D eigenvalue weighted by molar-refractivity contribution is 0.193. The number of hydrogen-bond acceptors (Lipinski definition) is 4. The lowest BCUT2D eigenvalue weighted by Crippen LogP contribution is -2.19. The molecule has 4 unspecified atom stereocenters. The number of hydrogen-bond donors (Lipinski definition) is 0. The van der Waals surface area contributed by atoms with Crippen molar-refractivity contribution in [2.45, 2.75) is 23.3 Å². The van der Waals surface area contributed by atoms with Gasteiger partial charge in [0.15, 0.2) is 11.5 Å². The van der Waals surface area contributed by atoms with Crippen LogP contribution in [0, 0.1) is 0 Å². The quantitative estimate of drug-likeness (QED) is 0.570. The summed E-state index contributed by atoms with van der Waals surface area (Å²) >= 11 is 15.6. The molecular formula is C12H11BrCl2O4. The van der Waals surface area contributed by atoms with Crippen LogP contribution in [0.5, 0.6) is 11.5 Å². The van der Waals surface area contributed by atoms with Crippen LogP contribution in [0.3, 0.4) is 0 Å². The van der Waals surface area contributed by atoms with Gasteiger partial charge in [-0.05, 0) is 28.1 Å². The molecule has 1 aromatic carbocycles. The summed E-state index contributed by atoms with van der Waals surface area (Å²) in [5, 5.41) is 0. The SMILES string of the molecule is ClC(Oc1cccc(Br)c1OC(Cl)C1CO1)C1CO1. The summed E-state index contributed by atoms with van der Waals surface area (Å²) in [6.45, 7) is 1.23. The van der Waals surface area contributed by atoms with Crippen LogP contribution in [0.4, 0.5) is 0 Å². The van der Waals surface area contributed by atoms with Crippen molar-refractivity contribution in [3.05, 3.63) is 22.7 Å². The lowest BCUT2D eigenvalue weighted by Gasteiger charge is -2.18. The van der Waals surface area contributed by atoms with Gasteiger partial charge in [0, 0.05) is 0 Å². The molecule has 0 aromatic heterocycles. The third kappa shape index (κ3) is 3.47. The van der Waals surface area contributed by atoms with Crippen LogP contribution in [0.25, 0.3) is 0 Å². The highest BCUT2D eigenvalue weighted by Gasteiger charge is 2.36. The molecule has 2 heterocycles. The molecule has 2 aliphatic rings. The Morgan fingerprint density at radius 2 is 1.68 bits per heavy atom. The molecule has 2 fully saturated rings. The zero-order chi connectivity index (χ0) is 13.4. The van der Waals surface area contributed by atoms with Crippen molar-refractivity contribution in [3.8, 4) is 11.5 Å². The van der Waals surface area contributed by atoms with Gasteiger partial charge in [-0.25, -0.2) is 0 Å². The van der Waals surface area contributed by atoms with E-state index < -0.39 is 11.1 Å². The van der Waals surface area contributed by atoms with Gasteiger partial charge in [0.2, 0.25) is 11.1 Å². The van der Waals surface area contributed by atoms with Crippen LogP contribution in [-0.4, -0.2) is 36.5 Å². The molecule has 0 spiro atoms. The summed E-state index contributed by atoms with van der Waals surface area (Å²) in [5.41, 5.74) is -1.09. The highest BCUT2D eigenvalue weighted by molar-refractivity contribution is 9.10. The smallest absolute Gasteiger partial charge is 0.200 e. The average Bonchev–Trinajstić information content (AvgIpc) is 3.26. The summed E-state index contributed by atoms with van der Waals surface area (Å²) in [7, 11) is 0. The normalized spacial score (nSPS) is 27.5. The second-order valence-corrected chi connectivity index (χ2v) is 5.96. The minimum absolute atomic E-state index is 0.0629. The van der Waals surface area contributed by atoms with E-state index >= 15 is 0 Å². The van der Waals surface area contributed by atoms with Gasteiger partial charge in [0.1, 0.15) is 12.2 Å². The third-order valence-electron chi connectivity index (χ3n) is 2.70. The summed E-state index contributed by atoms with van der Waals surface area (Å²) < 4.78 is 22.2. The summed E-state index contributed by atoms with van der Waals surface area (Å²) in [6, 6.07) is 5.45. The van der Waals surface area contributed by atoms with Crippen LogP contribution in [0.1, 0.15) is 0 Å². The van der Waals surface area contributed by atoms with E-state index in [2.05, 4.69) is 15.9 Å². The highest BCUT2D eigenvalue weighted by Crippen LogP contribution is 2.39. The highest BCUT2D eigenvalue weighted by atomic mass is 79.9. The summed E-state index contributed by atoms with van der Waals surface area (Å²) in [5.74, 6) is 1.04. The van der Waals surface area contributed by atoms with Crippen molar-refractivity contribution in [3.63, 3.8) is 0 Å². The van der Waals surface area contributed by atoms with Crippen LogP contribution >= 0.6 is 39.1 Å².